The predicted octanol–water partition coefficient (Wildman–Crippen LogP) is 2.73. The summed E-state index contributed by atoms with van der Waals surface area (Å²) in [7, 11) is 0. The number of nitrogens with two attached hydrogens (primary N) is 1. The second-order valence-electron chi connectivity index (χ2n) is 7.30. The molecule has 4 saturated carbocycles. The molecule has 0 aromatic heterocycles. The zero-order valence-corrected chi connectivity index (χ0v) is 13.3. The first-order valence-electron chi connectivity index (χ1n) is 8.10. The molecule has 0 atom stereocenters. The van der Waals surface area contributed by atoms with E-state index in [1.165, 1.54) is 19.3 Å². The summed E-state index contributed by atoms with van der Waals surface area (Å²) in [4.78, 5) is 15.6. The van der Waals surface area contributed by atoms with Gasteiger partial charge >= 0.3 is 0 Å². The number of thiocarbonyl (C=S) groups is 1. The standard InChI is InChI=1S/C16H26N2OS/c1-2-18(4-3-14(17)20)15(19)16-8-11-5-12(9-16)7-13(6-11)10-16/h11-13H,2-10H2,1H3,(H2,17,20). The molecule has 20 heavy (non-hydrogen) atoms. The van der Waals surface area contributed by atoms with E-state index >= 15 is 0 Å². The van der Waals surface area contributed by atoms with Gasteiger partial charge < -0.3 is 10.6 Å². The smallest absolute Gasteiger partial charge is 0.228 e. The molecule has 0 unspecified atom stereocenters. The number of amides is 1. The van der Waals surface area contributed by atoms with Crippen molar-refractivity contribution in [2.45, 2.75) is 51.9 Å². The van der Waals surface area contributed by atoms with Gasteiger partial charge in [0.05, 0.1) is 10.4 Å². The fourth-order valence-electron chi connectivity index (χ4n) is 5.36. The zero-order chi connectivity index (χ0) is 14.3. The van der Waals surface area contributed by atoms with E-state index in [9.17, 15) is 4.79 Å². The van der Waals surface area contributed by atoms with E-state index in [1.807, 2.05) is 4.90 Å². The van der Waals surface area contributed by atoms with Crippen LogP contribution in [0.4, 0.5) is 0 Å². The maximum Gasteiger partial charge on any atom is 0.228 e. The lowest BCUT2D eigenvalue weighted by atomic mass is 9.49. The quantitative estimate of drug-likeness (QED) is 0.793. The van der Waals surface area contributed by atoms with Gasteiger partial charge in [-0.3, -0.25) is 4.79 Å². The largest absolute Gasteiger partial charge is 0.393 e. The molecule has 4 bridgehead atoms. The van der Waals surface area contributed by atoms with Gasteiger partial charge in [-0.15, -0.1) is 0 Å². The van der Waals surface area contributed by atoms with Crippen LogP contribution in [0.25, 0.3) is 0 Å². The third-order valence-corrected chi connectivity index (χ3v) is 5.99. The summed E-state index contributed by atoms with van der Waals surface area (Å²) in [5.41, 5.74) is 5.57. The average molecular weight is 294 g/mol. The molecule has 4 fully saturated rings. The van der Waals surface area contributed by atoms with Crippen LogP contribution in [0, 0.1) is 23.2 Å². The average Bonchev–Trinajstić information content (AvgIpc) is 2.37. The number of rotatable bonds is 5. The van der Waals surface area contributed by atoms with Crippen LogP contribution in [0.5, 0.6) is 0 Å². The van der Waals surface area contributed by atoms with Gasteiger partial charge in [-0.1, -0.05) is 12.2 Å². The van der Waals surface area contributed by atoms with Gasteiger partial charge in [0.15, 0.2) is 0 Å². The molecule has 0 spiro atoms. The second-order valence-corrected chi connectivity index (χ2v) is 7.82. The van der Waals surface area contributed by atoms with E-state index in [4.69, 9.17) is 18.0 Å². The Labute approximate surface area is 127 Å². The van der Waals surface area contributed by atoms with Gasteiger partial charge in [-0.05, 0) is 63.2 Å². The third kappa shape index (κ3) is 2.47. The first kappa shape index (κ1) is 14.3. The molecule has 4 aliphatic rings. The normalized spacial score (nSPS) is 38.0. The SMILES string of the molecule is CCN(CCC(N)=S)C(=O)C12CC3CC(CC(C3)C1)C2. The minimum atomic E-state index is -0.0268. The predicted molar refractivity (Wildman–Crippen MR) is 84.3 cm³/mol. The van der Waals surface area contributed by atoms with Crippen molar-refractivity contribution in [3.63, 3.8) is 0 Å². The molecule has 3 nitrogen and oxygen atoms in total. The van der Waals surface area contributed by atoms with Crippen molar-refractivity contribution < 1.29 is 4.79 Å². The Hall–Kier alpha value is -0.640. The van der Waals surface area contributed by atoms with Crippen LogP contribution in [0.2, 0.25) is 0 Å². The molecule has 0 radical (unpaired) electrons. The molecule has 0 aromatic rings. The van der Waals surface area contributed by atoms with E-state index < -0.39 is 0 Å². The van der Waals surface area contributed by atoms with Gasteiger partial charge in [0.25, 0.3) is 0 Å². The van der Waals surface area contributed by atoms with Crippen molar-refractivity contribution in [2.75, 3.05) is 13.1 Å². The van der Waals surface area contributed by atoms with Gasteiger partial charge in [0.2, 0.25) is 5.91 Å². The zero-order valence-electron chi connectivity index (χ0n) is 12.4. The van der Waals surface area contributed by atoms with E-state index in [0.717, 1.165) is 43.6 Å². The molecule has 0 aliphatic heterocycles. The molecule has 4 heteroatoms. The number of nitrogens with zero attached hydrogens (tertiary/aromatic N) is 1. The van der Waals surface area contributed by atoms with Crippen LogP contribution in [-0.4, -0.2) is 28.9 Å². The minimum Gasteiger partial charge on any atom is -0.393 e. The van der Waals surface area contributed by atoms with Crippen molar-refractivity contribution in [2.24, 2.45) is 28.9 Å². The fourth-order valence-corrected chi connectivity index (χ4v) is 5.45. The van der Waals surface area contributed by atoms with Crippen LogP contribution < -0.4 is 5.73 Å². The molecule has 0 aromatic carbocycles. The number of carbonyl (C=O) groups is 1. The summed E-state index contributed by atoms with van der Waals surface area (Å²) in [5, 5.41) is 0. The van der Waals surface area contributed by atoms with Crippen LogP contribution in [0.15, 0.2) is 0 Å². The Kier molecular flexibility index (Phi) is 3.78. The Bertz CT molecular complexity index is 385. The number of hydrogen-bond acceptors (Lipinski definition) is 2. The lowest BCUT2D eigenvalue weighted by Gasteiger charge is -2.56. The molecule has 4 aliphatic carbocycles. The Balaban J connectivity index is 1.73. The Morgan fingerprint density at radius 1 is 1.20 bits per heavy atom. The van der Waals surface area contributed by atoms with Crippen LogP contribution in [0.1, 0.15) is 51.9 Å². The van der Waals surface area contributed by atoms with Crippen LogP contribution >= 0.6 is 12.2 Å². The van der Waals surface area contributed by atoms with Gasteiger partial charge in [0.1, 0.15) is 0 Å². The molecule has 0 saturated heterocycles. The summed E-state index contributed by atoms with van der Waals surface area (Å²) in [6.45, 7) is 3.55. The molecule has 1 amide bonds. The Morgan fingerprint density at radius 3 is 2.10 bits per heavy atom. The van der Waals surface area contributed by atoms with Crippen molar-refractivity contribution in [1.29, 1.82) is 0 Å². The van der Waals surface area contributed by atoms with Gasteiger partial charge in [0, 0.05) is 19.5 Å². The lowest BCUT2D eigenvalue weighted by Crippen LogP contribution is -2.54. The fraction of sp³-hybridized carbons (Fsp3) is 0.875. The second kappa shape index (κ2) is 5.28. The van der Waals surface area contributed by atoms with Gasteiger partial charge in [-0.2, -0.15) is 0 Å². The minimum absolute atomic E-state index is 0.0268. The van der Waals surface area contributed by atoms with Crippen LogP contribution in [0.3, 0.4) is 0 Å². The molecule has 4 rings (SSSR count). The summed E-state index contributed by atoms with van der Waals surface area (Å²) in [5.74, 6) is 2.86. The summed E-state index contributed by atoms with van der Waals surface area (Å²) < 4.78 is 0. The first-order chi connectivity index (χ1) is 9.52. The van der Waals surface area contributed by atoms with E-state index in [-0.39, 0.29) is 5.41 Å². The molecular formula is C16H26N2OS. The van der Waals surface area contributed by atoms with Crippen LogP contribution in [-0.2, 0) is 4.79 Å². The van der Waals surface area contributed by atoms with Crippen molar-refractivity contribution >= 4 is 23.1 Å². The first-order valence-corrected chi connectivity index (χ1v) is 8.51. The van der Waals surface area contributed by atoms with E-state index in [1.54, 1.807) is 0 Å². The Morgan fingerprint density at radius 2 is 1.70 bits per heavy atom. The van der Waals surface area contributed by atoms with E-state index in [0.29, 0.717) is 23.9 Å². The summed E-state index contributed by atoms with van der Waals surface area (Å²) in [6.07, 6.45) is 8.22. The highest BCUT2D eigenvalue weighted by Gasteiger charge is 2.55. The lowest BCUT2D eigenvalue weighted by molar-refractivity contribution is -0.157. The highest BCUT2D eigenvalue weighted by Crippen LogP contribution is 2.60. The molecule has 0 heterocycles. The van der Waals surface area contributed by atoms with E-state index in [2.05, 4.69) is 6.92 Å². The molecule has 112 valence electrons. The maximum atomic E-state index is 13.1. The number of hydrogen-bond donors (Lipinski definition) is 1. The van der Waals surface area contributed by atoms with Gasteiger partial charge in [-0.25, -0.2) is 0 Å². The highest BCUT2D eigenvalue weighted by atomic mass is 32.1. The monoisotopic (exact) mass is 294 g/mol. The molecular weight excluding hydrogens is 268 g/mol. The van der Waals surface area contributed by atoms with Crippen molar-refractivity contribution in [3.8, 4) is 0 Å². The highest BCUT2D eigenvalue weighted by molar-refractivity contribution is 7.80. The van der Waals surface area contributed by atoms with Crippen molar-refractivity contribution in [1.82, 2.24) is 4.90 Å². The maximum absolute atomic E-state index is 13.1. The number of carbonyl (C=O) groups excluding carboxylic acids is 1. The topological polar surface area (TPSA) is 46.3 Å². The van der Waals surface area contributed by atoms with Crippen molar-refractivity contribution in [3.05, 3.63) is 0 Å². The summed E-state index contributed by atoms with van der Waals surface area (Å²) in [6, 6.07) is 0. The third-order valence-electron chi connectivity index (χ3n) is 5.79. The summed E-state index contributed by atoms with van der Waals surface area (Å²) >= 11 is 4.96. The molecule has 2 N–H and O–H groups in total.